The van der Waals surface area contributed by atoms with Gasteiger partial charge in [-0.2, -0.15) is 0 Å². The second kappa shape index (κ2) is 7.07. The first-order chi connectivity index (χ1) is 15.3. The Bertz CT molecular complexity index is 1400. The highest BCUT2D eigenvalue weighted by atomic mass is 16.1. The SMILES string of the molecule is O=C1c2ccccc2Cc2ccccc21.c1cc2ccc3cccc4ccc(c1)c2c34. The number of carbonyl (C=O) groups is 1. The van der Waals surface area contributed by atoms with Gasteiger partial charge in [0.25, 0.3) is 0 Å². The summed E-state index contributed by atoms with van der Waals surface area (Å²) in [5.74, 6) is 0.160. The Labute approximate surface area is 180 Å². The van der Waals surface area contributed by atoms with Crippen LogP contribution in [0.25, 0.3) is 32.3 Å². The van der Waals surface area contributed by atoms with Gasteiger partial charge >= 0.3 is 0 Å². The summed E-state index contributed by atoms with van der Waals surface area (Å²) in [6.07, 6.45) is 0.873. The van der Waals surface area contributed by atoms with Crippen LogP contribution >= 0.6 is 0 Å². The Balaban J connectivity index is 0.000000120. The third-order valence-corrected chi connectivity index (χ3v) is 6.30. The van der Waals surface area contributed by atoms with Crippen molar-refractivity contribution < 1.29 is 4.79 Å². The highest BCUT2D eigenvalue weighted by Gasteiger charge is 2.21. The van der Waals surface area contributed by atoms with Gasteiger partial charge in [-0.05, 0) is 49.9 Å². The number of hydrogen-bond donors (Lipinski definition) is 0. The molecule has 0 atom stereocenters. The number of benzene rings is 6. The molecule has 6 aromatic rings. The van der Waals surface area contributed by atoms with Crippen molar-refractivity contribution in [1.29, 1.82) is 0 Å². The predicted molar refractivity (Wildman–Crippen MR) is 129 cm³/mol. The van der Waals surface area contributed by atoms with Crippen LogP contribution < -0.4 is 0 Å². The first-order valence-corrected chi connectivity index (χ1v) is 10.6. The van der Waals surface area contributed by atoms with Gasteiger partial charge in [-0.1, -0.05) is 109 Å². The first kappa shape index (κ1) is 17.9. The van der Waals surface area contributed by atoms with E-state index in [1.165, 1.54) is 32.3 Å². The lowest BCUT2D eigenvalue weighted by Gasteiger charge is -2.17. The van der Waals surface area contributed by atoms with E-state index in [0.29, 0.717) is 0 Å². The highest BCUT2D eigenvalue weighted by Crippen LogP contribution is 2.33. The summed E-state index contributed by atoms with van der Waals surface area (Å²) in [6, 6.07) is 37.6. The van der Waals surface area contributed by atoms with Gasteiger partial charge in [0.05, 0.1) is 0 Å². The Kier molecular flexibility index (Phi) is 4.07. The van der Waals surface area contributed by atoms with Crippen LogP contribution in [0.2, 0.25) is 0 Å². The molecule has 0 heterocycles. The number of carbonyl (C=O) groups excluding carboxylic acids is 1. The molecule has 0 saturated carbocycles. The van der Waals surface area contributed by atoms with Crippen molar-refractivity contribution in [2.75, 3.05) is 0 Å². The minimum absolute atomic E-state index is 0.160. The van der Waals surface area contributed by atoms with Gasteiger partial charge in [0.1, 0.15) is 0 Å². The van der Waals surface area contributed by atoms with E-state index < -0.39 is 0 Å². The van der Waals surface area contributed by atoms with Crippen molar-refractivity contribution in [1.82, 2.24) is 0 Å². The zero-order valence-corrected chi connectivity index (χ0v) is 17.0. The van der Waals surface area contributed by atoms with Crippen LogP contribution in [0.4, 0.5) is 0 Å². The van der Waals surface area contributed by atoms with E-state index in [0.717, 1.165) is 28.7 Å². The summed E-state index contributed by atoms with van der Waals surface area (Å²) in [5.41, 5.74) is 4.00. The van der Waals surface area contributed by atoms with Gasteiger partial charge in [0.2, 0.25) is 0 Å². The normalized spacial score (nSPS) is 12.5. The number of fused-ring (bicyclic) bond motifs is 2. The molecule has 6 aromatic carbocycles. The number of rotatable bonds is 0. The standard InChI is InChI=1S/C16H10.C14H10O/c1-3-11-7-9-13-5-2-6-14-10-8-12(4-1)15(11)16(13)14;15-14-12-7-3-1-5-10(12)9-11-6-2-4-8-13(11)14/h1-10H;1-8H,9H2. The Morgan fingerprint density at radius 2 is 0.806 bits per heavy atom. The summed E-state index contributed by atoms with van der Waals surface area (Å²) in [7, 11) is 0. The second-order valence-corrected chi connectivity index (χ2v) is 8.11. The predicted octanol–water partition coefficient (Wildman–Crippen LogP) is 7.41. The zero-order valence-electron chi connectivity index (χ0n) is 17.0. The minimum atomic E-state index is 0.160. The molecule has 0 aliphatic heterocycles. The summed E-state index contributed by atoms with van der Waals surface area (Å²) >= 11 is 0. The summed E-state index contributed by atoms with van der Waals surface area (Å²) in [4.78, 5) is 12.1. The van der Waals surface area contributed by atoms with Crippen molar-refractivity contribution >= 4 is 38.1 Å². The average molecular weight is 396 g/mol. The maximum atomic E-state index is 12.1. The second-order valence-electron chi connectivity index (χ2n) is 8.11. The van der Waals surface area contributed by atoms with Gasteiger partial charge in [-0.3, -0.25) is 4.79 Å². The molecule has 0 bridgehead atoms. The maximum Gasteiger partial charge on any atom is 0.193 e. The molecular formula is C30H20O. The van der Waals surface area contributed by atoms with E-state index >= 15 is 0 Å². The van der Waals surface area contributed by atoms with Crippen molar-refractivity contribution in [2.24, 2.45) is 0 Å². The van der Waals surface area contributed by atoms with Gasteiger partial charge in [-0.25, -0.2) is 0 Å². The molecule has 1 aliphatic carbocycles. The van der Waals surface area contributed by atoms with Gasteiger partial charge in [0.15, 0.2) is 5.78 Å². The van der Waals surface area contributed by atoms with E-state index in [9.17, 15) is 4.79 Å². The topological polar surface area (TPSA) is 17.1 Å². The molecule has 0 spiro atoms. The van der Waals surface area contributed by atoms with Crippen molar-refractivity contribution in [2.45, 2.75) is 6.42 Å². The lowest BCUT2D eigenvalue weighted by atomic mass is 9.85. The molecule has 0 fully saturated rings. The van der Waals surface area contributed by atoms with E-state index in [2.05, 4.69) is 60.7 Å². The van der Waals surface area contributed by atoms with Crippen LogP contribution in [-0.2, 0) is 6.42 Å². The van der Waals surface area contributed by atoms with E-state index in [1.54, 1.807) is 0 Å². The van der Waals surface area contributed by atoms with E-state index in [1.807, 2.05) is 48.5 Å². The van der Waals surface area contributed by atoms with Gasteiger partial charge in [-0.15, -0.1) is 0 Å². The first-order valence-electron chi connectivity index (χ1n) is 10.6. The molecular weight excluding hydrogens is 376 g/mol. The fourth-order valence-corrected chi connectivity index (χ4v) is 4.81. The molecule has 0 radical (unpaired) electrons. The summed E-state index contributed by atoms with van der Waals surface area (Å²) in [5, 5.41) is 8.14. The van der Waals surface area contributed by atoms with Crippen LogP contribution in [0.15, 0.2) is 109 Å². The molecule has 0 aromatic heterocycles. The molecule has 1 aliphatic rings. The van der Waals surface area contributed by atoms with Crippen molar-refractivity contribution in [3.63, 3.8) is 0 Å². The van der Waals surface area contributed by atoms with Gasteiger partial charge < -0.3 is 0 Å². The minimum Gasteiger partial charge on any atom is -0.289 e. The molecule has 31 heavy (non-hydrogen) atoms. The highest BCUT2D eigenvalue weighted by molar-refractivity contribution is 6.22. The fraction of sp³-hybridized carbons (Fsp3) is 0.0333. The number of hydrogen-bond acceptors (Lipinski definition) is 1. The summed E-state index contributed by atoms with van der Waals surface area (Å²) in [6.45, 7) is 0. The summed E-state index contributed by atoms with van der Waals surface area (Å²) < 4.78 is 0. The molecule has 0 unspecified atom stereocenters. The fourth-order valence-electron chi connectivity index (χ4n) is 4.81. The molecule has 0 saturated heterocycles. The van der Waals surface area contributed by atoms with Crippen molar-refractivity contribution in [3.05, 3.63) is 131 Å². The van der Waals surface area contributed by atoms with Crippen LogP contribution in [0.1, 0.15) is 27.0 Å². The van der Waals surface area contributed by atoms with Crippen LogP contribution in [0, 0.1) is 0 Å². The molecule has 146 valence electrons. The smallest absolute Gasteiger partial charge is 0.193 e. The molecule has 0 amide bonds. The Morgan fingerprint density at radius 3 is 1.23 bits per heavy atom. The third-order valence-electron chi connectivity index (χ3n) is 6.30. The monoisotopic (exact) mass is 396 g/mol. The van der Waals surface area contributed by atoms with E-state index in [-0.39, 0.29) is 5.78 Å². The molecule has 1 nitrogen and oxygen atoms in total. The average Bonchev–Trinajstić information content (AvgIpc) is 2.83. The third kappa shape index (κ3) is 2.90. The maximum absolute atomic E-state index is 12.1. The lowest BCUT2D eigenvalue weighted by molar-refractivity contribution is 0.103. The largest absolute Gasteiger partial charge is 0.289 e. The van der Waals surface area contributed by atoms with E-state index in [4.69, 9.17) is 0 Å². The quantitative estimate of drug-likeness (QED) is 0.244. The Hall–Kier alpha value is -3.97. The van der Waals surface area contributed by atoms with Crippen LogP contribution in [0.3, 0.4) is 0 Å². The van der Waals surface area contributed by atoms with Gasteiger partial charge in [0, 0.05) is 11.1 Å². The Morgan fingerprint density at radius 1 is 0.419 bits per heavy atom. The lowest BCUT2D eigenvalue weighted by Crippen LogP contribution is -2.14. The molecule has 1 heteroatoms. The molecule has 0 N–H and O–H groups in total. The molecule has 7 rings (SSSR count). The van der Waals surface area contributed by atoms with Crippen LogP contribution in [-0.4, -0.2) is 5.78 Å². The zero-order chi connectivity index (χ0) is 20.8. The number of ketones is 1. The van der Waals surface area contributed by atoms with Crippen LogP contribution in [0.5, 0.6) is 0 Å². The van der Waals surface area contributed by atoms with Crippen molar-refractivity contribution in [3.8, 4) is 0 Å².